The van der Waals surface area contributed by atoms with E-state index in [-0.39, 0.29) is 0 Å². The predicted octanol–water partition coefficient (Wildman–Crippen LogP) is 1.74. The number of hydrogen-bond acceptors (Lipinski definition) is 21. The average Bonchev–Trinajstić information content (AvgIpc) is 3.14. The Kier molecular flexibility index (Phi) is 9.70. The van der Waals surface area contributed by atoms with Gasteiger partial charge in [-0.2, -0.15) is 0 Å². The van der Waals surface area contributed by atoms with Crippen molar-refractivity contribution in [1.29, 1.82) is 0 Å². The topological polar surface area (TPSA) is 346 Å². The Labute approximate surface area is 311 Å². The second-order valence-corrected chi connectivity index (χ2v) is 12.1. The summed E-state index contributed by atoms with van der Waals surface area (Å²) < 4.78 is 33.3. The Morgan fingerprint density at radius 1 is 0.589 bits per heavy atom. The molecule has 0 aliphatic carbocycles. The minimum atomic E-state index is -2.08. The quantitative estimate of drug-likeness (QED) is 0.0688. The molecule has 2 aliphatic heterocycles. The molecule has 5 atom stereocenters. The van der Waals surface area contributed by atoms with E-state index >= 15 is 0 Å². The number of methoxy groups -OCH3 is 1. The van der Waals surface area contributed by atoms with Gasteiger partial charge in [0.15, 0.2) is 81.6 Å². The predicted molar refractivity (Wildman–Crippen MR) is 176 cm³/mol. The molecule has 0 aromatic heterocycles. The minimum absolute atomic E-state index is 0.426. The van der Waals surface area contributed by atoms with Gasteiger partial charge >= 0.3 is 23.9 Å². The van der Waals surface area contributed by atoms with Crippen molar-refractivity contribution in [3.05, 3.63) is 70.3 Å². The third-order valence-corrected chi connectivity index (χ3v) is 8.64. The molecule has 0 radical (unpaired) electrons. The fourth-order valence-corrected chi connectivity index (χ4v) is 5.97. The van der Waals surface area contributed by atoms with Gasteiger partial charge in [-0.05, 0) is 42.5 Å². The lowest BCUT2D eigenvalue weighted by Gasteiger charge is -2.46. The van der Waals surface area contributed by atoms with Crippen LogP contribution >= 0.6 is 0 Å². The Hall–Kier alpha value is -7.68. The molecule has 1 saturated heterocycles. The molecular formula is C35H28O21. The van der Waals surface area contributed by atoms with E-state index < -0.39 is 158 Å². The van der Waals surface area contributed by atoms with E-state index in [0.29, 0.717) is 24.3 Å². The standard InChI is InChI=1S/C35H28O21/c1-51-27-20(42)8-13-22(26(27)46)29-31(56-35(13)50)30(55-34(49)12-6-18(40)25(45)19(41)7-12)28(54-33(48)11-4-16(38)24(44)17(39)5-11)21(53-29)9-52-32(47)10-2-14(36)23(43)15(37)3-10/h2-8,21,28-31,36-46H,9H2,1H3/t21-,28-,29+,30+,31+/m1/s1. The third-order valence-electron chi connectivity index (χ3n) is 8.64. The van der Waals surface area contributed by atoms with Gasteiger partial charge in [-0.15, -0.1) is 0 Å². The minimum Gasteiger partial charge on any atom is -0.504 e. The summed E-state index contributed by atoms with van der Waals surface area (Å²) in [7, 11) is 1.06. The first-order chi connectivity index (χ1) is 26.4. The molecule has 0 spiro atoms. The van der Waals surface area contributed by atoms with Crippen molar-refractivity contribution in [3.8, 4) is 69.0 Å². The lowest BCUT2D eigenvalue weighted by Crippen LogP contribution is -2.61. The zero-order chi connectivity index (χ0) is 40.9. The van der Waals surface area contributed by atoms with E-state index in [1.165, 1.54) is 0 Å². The molecule has 0 unspecified atom stereocenters. The molecular weight excluding hydrogens is 756 g/mol. The summed E-state index contributed by atoms with van der Waals surface area (Å²) in [6.07, 6.45) is -9.64. The number of carbonyl (C=O) groups is 4. The molecule has 0 saturated carbocycles. The maximum Gasteiger partial charge on any atom is 0.339 e. The van der Waals surface area contributed by atoms with E-state index in [2.05, 4.69) is 0 Å². The number of phenolic OH excluding ortho intramolecular Hbond substituents is 11. The monoisotopic (exact) mass is 784 g/mol. The fourth-order valence-electron chi connectivity index (χ4n) is 5.97. The van der Waals surface area contributed by atoms with Crippen molar-refractivity contribution >= 4 is 23.9 Å². The van der Waals surface area contributed by atoms with Crippen molar-refractivity contribution in [2.24, 2.45) is 0 Å². The highest BCUT2D eigenvalue weighted by atomic mass is 16.7. The van der Waals surface area contributed by atoms with Crippen LogP contribution in [-0.2, 0) is 23.7 Å². The number of benzene rings is 4. The molecule has 4 aromatic rings. The molecule has 2 aliphatic rings. The highest BCUT2D eigenvalue weighted by Gasteiger charge is 2.57. The first-order valence-electron chi connectivity index (χ1n) is 15.7. The zero-order valence-corrected chi connectivity index (χ0v) is 28.1. The van der Waals surface area contributed by atoms with Crippen LogP contribution in [0.15, 0.2) is 42.5 Å². The van der Waals surface area contributed by atoms with Gasteiger partial charge in [-0.1, -0.05) is 0 Å². The second-order valence-electron chi connectivity index (χ2n) is 12.1. The molecule has 11 N–H and O–H groups in total. The summed E-state index contributed by atoms with van der Waals surface area (Å²) in [6, 6.07) is 4.96. The molecule has 0 amide bonds. The van der Waals surface area contributed by atoms with Gasteiger partial charge in [0.05, 0.1) is 29.4 Å². The van der Waals surface area contributed by atoms with Crippen LogP contribution in [0.2, 0.25) is 0 Å². The van der Waals surface area contributed by atoms with Crippen LogP contribution in [0.3, 0.4) is 0 Å². The number of hydrogen-bond donors (Lipinski definition) is 11. The van der Waals surface area contributed by atoms with Crippen molar-refractivity contribution in [3.63, 3.8) is 0 Å². The lowest BCUT2D eigenvalue weighted by molar-refractivity contribution is -0.234. The third kappa shape index (κ3) is 6.68. The first-order valence-corrected chi connectivity index (χ1v) is 15.7. The maximum absolute atomic E-state index is 13.6. The van der Waals surface area contributed by atoms with E-state index in [0.717, 1.165) is 25.3 Å². The van der Waals surface area contributed by atoms with Crippen molar-refractivity contribution in [2.75, 3.05) is 13.7 Å². The van der Waals surface area contributed by atoms with Gasteiger partial charge in [-0.25, -0.2) is 19.2 Å². The average molecular weight is 785 g/mol. The molecule has 21 heteroatoms. The number of carbonyl (C=O) groups excluding carboxylic acids is 4. The number of aromatic hydroxyl groups is 11. The molecule has 6 rings (SSSR count). The molecule has 294 valence electrons. The molecule has 56 heavy (non-hydrogen) atoms. The van der Waals surface area contributed by atoms with Gasteiger partial charge in [0, 0.05) is 5.56 Å². The molecule has 4 aromatic carbocycles. The second kappa shape index (κ2) is 14.3. The Bertz CT molecular complexity index is 2230. The largest absolute Gasteiger partial charge is 0.504 e. The van der Waals surface area contributed by atoms with Crippen LogP contribution in [0.5, 0.6) is 69.0 Å². The number of esters is 4. The normalized spacial score (nSPS) is 19.8. The summed E-state index contributed by atoms with van der Waals surface area (Å²) in [5, 5.41) is 111. The van der Waals surface area contributed by atoms with Gasteiger partial charge in [-0.3, -0.25) is 0 Å². The summed E-state index contributed by atoms with van der Waals surface area (Å²) in [5.41, 5.74) is -2.71. The van der Waals surface area contributed by atoms with E-state index in [4.69, 9.17) is 28.4 Å². The number of ether oxygens (including phenoxy) is 6. The number of fused-ring (bicyclic) bond motifs is 3. The van der Waals surface area contributed by atoms with Gasteiger partial charge in [0.2, 0.25) is 5.75 Å². The molecule has 21 nitrogen and oxygen atoms in total. The maximum atomic E-state index is 13.6. The zero-order valence-electron chi connectivity index (χ0n) is 28.1. The first kappa shape index (κ1) is 38.1. The van der Waals surface area contributed by atoms with Gasteiger partial charge in [0.1, 0.15) is 18.8 Å². The van der Waals surface area contributed by atoms with Gasteiger partial charge in [0.25, 0.3) is 0 Å². The van der Waals surface area contributed by atoms with E-state index in [9.17, 15) is 75.3 Å². The summed E-state index contributed by atoms with van der Waals surface area (Å²) in [6.45, 7) is -0.997. The van der Waals surface area contributed by atoms with Gasteiger partial charge < -0.3 is 84.6 Å². The molecule has 1 fully saturated rings. The van der Waals surface area contributed by atoms with Crippen LogP contribution in [0.1, 0.15) is 53.1 Å². The highest BCUT2D eigenvalue weighted by Crippen LogP contribution is 2.51. The Balaban J connectivity index is 1.48. The molecule has 2 heterocycles. The number of phenols is 11. The van der Waals surface area contributed by atoms with Crippen LogP contribution in [0.25, 0.3) is 0 Å². The fraction of sp³-hybridized carbons (Fsp3) is 0.200. The summed E-state index contributed by atoms with van der Waals surface area (Å²) in [4.78, 5) is 53.7. The van der Waals surface area contributed by atoms with E-state index in [1.807, 2.05) is 0 Å². The van der Waals surface area contributed by atoms with Crippen LogP contribution in [0.4, 0.5) is 0 Å². The number of rotatable bonds is 8. The van der Waals surface area contributed by atoms with Crippen LogP contribution in [0, 0.1) is 0 Å². The summed E-state index contributed by atoms with van der Waals surface area (Å²) in [5.74, 6) is -16.3. The lowest BCUT2D eigenvalue weighted by atomic mass is 9.85. The highest BCUT2D eigenvalue weighted by molar-refractivity contribution is 5.96. The van der Waals surface area contributed by atoms with Crippen molar-refractivity contribution in [2.45, 2.75) is 30.5 Å². The van der Waals surface area contributed by atoms with Crippen LogP contribution < -0.4 is 4.74 Å². The van der Waals surface area contributed by atoms with Crippen LogP contribution in [-0.4, -0.2) is 118 Å². The van der Waals surface area contributed by atoms with Crippen molar-refractivity contribution in [1.82, 2.24) is 0 Å². The summed E-state index contributed by atoms with van der Waals surface area (Å²) >= 11 is 0. The molecule has 0 bridgehead atoms. The van der Waals surface area contributed by atoms with E-state index in [1.54, 1.807) is 0 Å². The Morgan fingerprint density at radius 2 is 1.02 bits per heavy atom. The smallest absolute Gasteiger partial charge is 0.339 e. The SMILES string of the molecule is COc1c(O)cc2c(c1O)[C@@H]1O[C@H](COC(=O)c3cc(O)c(O)c(O)c3)[C@@H](OC(=O)c3cc(O)c(O)c(O)c3)[C@H](OC(=O)c3cc(O)c(O)c(O)c3)[C@H]1OC2=O. The van der Waals surface area contributed by atoms with Crippen molar-refractivity contribution < 1.29 is 104 Å². The Morgan fingerprint density at radius 3 is 1.46 bits per heavy atom.